The molecule has 16 heavy (non-hydrogen) atoms. The topological polar surface area (TPSA) is 34.0 Å². The molecule has 0 saturated carbocycles. The minimum absolute atomic E-state index is 0.119. The second-order valence-corrected chi connectivity index (χ2v) is 4.53. The van der Waals surface area contributed by atoms with Gasteiger partial charge in [0.15, 0.2) is 0 Å². The lowest BCUT2D eigenvalue weighted by molar-refractivity contribution is 0.522. The summed E-state index contributed by atoms with van der Waals surface area (Å²) in [6.45, 7) is 8.96. The predicted octanol–water partition coefficient (Wildman–Crippen LogP) is 2.32. The van der Waals surface area contributed by atoms with Crippen LogP contribution in [0.3, 0.4) is 0 Å². The molecule has 0 radical (unpaired) electrons. The molecular formula is C13H22N2O. The van der Waals surface area contributed by atoms with Crippen LogP contribution >= 0.6 is 0 Å². The third kappa shape index (κ3) is 3.20. The summed E-state index contributed by atoms with van der Waals surface area (Å²) in [5.74, 6) is 0. The lowest BCUT2D eigenvalue weighted by Gasteiger charge is -2.14. The molecule has 3 nitrogen and oxygen atoms in total. The number of rotatable bonds is 5. The molecule has 0 aliphatic heterocycles. The van der Waals surface area contributed by atoms with Crippen LogP contribution in [0.4, 0.5) is 0 Å². The zero-order valence-electron chi connectivity index (χ0n) is 10.7. The zero-order valence-corrected chi connectivity index (χ0v) is 10.7. The van der Waals surface area contributed by atoms with Gasteiger partial charge in [-0.25, -0.2) is 0 Å². The van der Waals surface area contributed by atoms with Crippen molar-refractivity contribution in [1.82, 2.24) is 9.88 Å². The highest BCUT2D eigenvalue weighted by Crippen LogP contribution is 2.01. The van der Waals surface area contributed by atoms with Crippen molar-refractivity contribution in [3.05, 3.63) is 34.2 Å². The fraction of sp³-hybridized carbons (Fsp3) is 0.615. The van der Waals surface area contributed by atoms with E-state index in [2.05, 4.69) is 19.2 Å². The average molecular weight is 222 g/mol. The Labute approximate surface area is 97.5 Å². The van der Waals surface area contributed by atoms with Gasteiger partial charge in [0.1, 0.15) is 0 Å². The van der Waals surface area contributed by atoms with E-state index in [1.165, 1.54) is 0 Å². The molecule has 0 fully saturated rings. The molecule has 1 heterocycles. The molecule has 1 atom stereocenters. The third-order valence-corrected chi connectivity index (χ3v) is 2.86. The number of hydrogen-bond acceptors (Lipinski definition) is 2. The Bertz CT molecular complexity index is 382. The van der Waals surface area contributed by atoms with Gasteiger partial charge in [0, 0.05) is 30.4 Å². The number of pyridine rings is 1. The van der Waals surface area contributed by atoms with Gasteiger partial charge in [-0.1, -0.05) is 13.0 Å². The van der Waals surface area contributed by atoms with Gasteiger partial charge in [0.05, 0.1) is 0 Å². The van der Waals surface area contributed by atoms with Crippen molar-refractivity contribution < 1.29 is 0 Å². The maximum Gasteiger partial charge on any atom is 0.255 e. The van der Waals surface area contributed by atoms with Crippen molar-refractivity contribution in [2.75, 3.05) is 0 Å². The Balaban J connectivity index is 2.82. The van der Waals surface area contributed by atoms with Gasteiger partial charge in [-0.3, -0.25) is 4.79 Å². The van der Waals surface area contributed by atoms with Crippen molar-refractivity contribution in [2.45, 2.75) is 52.7 Å². The fourth-order valence-corrected chi connectivity index (χ4v) is 1.53. The molecule has 1 aromatic rings. The molecule has 3 heteroatoms. The highest BCUT2D eigenvalue weighted by molar-refractivity contribution is 5.10. The van der Waals surface area contributed by atoms with Gasteiger partial charge < -0.3 is 9.88 Å². The van der Waals surface area contributed by atoms with E-state index in [4.69, 9.17) is 0 Å². The monoisotopic (exact) mass is 222 g/mol. The summed E-state index contributed by atoms with van der Waals surface area (Å²) in [6.07, 6.45) is 2.92. The smallest absolute Gasteiger partial charge is 0.255 e. The van der Waals surface area contributed by atoms with Gasteiger partial charge in [-0.2, -0.15) is 0 Å². The Morgan fingerprint density at radius 3 is 2.62 bits per heavy atom. The van der Waals surface area contributed by atoms with Crippen LogP contribution in [0.15, 0.2) is 23.1 Å². The quantitative estimate of drug-likeness (QED) is 0.829. The number of aromatic nitrogens is 1. The van der Waals surface area contributed by atoms with E-state index in [1.807, 2.05) is 32.2 Å². The molecule has 1 rings (SSSR count). The van der Waals surface area contributed by atoms with Crippen molar-refractivity contribution in [2.24, 2.45) is 0 Å². The first kappa shape index (κ1) is 13.0. The minimum atomic E-state index is 0.119. The Kier molecular flexibility index (Phi) is 4.74. The second-order valence-electron chi connectivity index (χ2n) is 4.53. The molecule has 1 unspecified atom stereocenters. The molecule has 0 saturated heterocycles. The Morgan fingerprint density at radius 2 is 2.06 bits per heavy atom. The molecule has 0 aromatic carbocycles. The summed E-state index contributed by atoms with van der Waals surface area (Å²) in [5.41, 5.74) is 0.963. The third-order valence-electron chi connectivity index (χ3n) is 2.86. The molecule has 1 aromatic heterocycles. The summed E-state index contributed by atoms with van der Waals surface area (Å²) < 4.78 is 1.77. The first-order chi connectivity index (χ1) is 7.56. The molecule has 0 aliphatic carbocycles. The lowest BCUT2D eigenvalue weighted by Crippen LogP contribution is -2.31. The van der Waals surface area contributed by atoms with Crippen LogP contribution in [0, 0.1) is 0 Å². The van der Waals surface area contributed by atoms with Crippen molar-refractivity contribution in [1.29, 1.82) is 0 Å². The van der Waals surface area contributed by atoms with Crippen LogP contribution in [-0.4, -0.2) is 10.6 Å². The molecular weight excluding hydrogens is 200 g/mol. The van der Waals surface area contributed by atoms with Gasteiger partial charge >= 0.3 is 0 Å². The van der Waals surface area contributed by atoms with Crippen LogP contribution in [0.2, 0.25) is 0 Å². The van der Waals surface area contributed by atoms with Crippen LogP contribution in [0.5, 0.6) is 0 Å². The van der Waals surface area contributed by atoms with E-state index in [-0.39, 0.29) is 11.6 Å². The summed E-state index contributed by atoms with van der Waals surface area (Å²) in [5, 5.41) is 3.34. The standard InChI is InChI=1S/C13H22N2O/c1-5-11(4)14-9-12-7-6-8-15(10(2)3)13(12)16/h6-8,10-11,14H,5,9H2,1-4H3. The van der Waals surface area contributed by atoms with Crippen LogP contribution < -0.4 is 10.9 Å². The first-order valence-electron chi connectivity index (χ1n) is 5.99. The number of nitrogens with one attached hydrogen (secondary N) is 1. The second kappa shape index (κ2) is 5.85. The summed E-state index contributed by atoms with van der Waals surface area (Å²) in [6, 6.07) is 4.51. The summed E-state index contributed by atoms with van der Waals surface area (Å²) in [4.78, 5) is 12.0. The van der Waals surface area contributed by atoms with Crippen molar-refractivity contribution in [3.8, 4) is 0 Å². The number of hydrogen-bond donors (Lipinski definition) is 1. The maximum absolute atomic E-state index is 12.0. The maximum atomic E-state index is 12.0. The van der Waals surface area contributed by atoms with E-state index < -0.39 is 0 Å². The van der Waals surface area contributed by atoms with E-state index in [0.717, 1.165) is 12.0 Å². The highest BCUT2D eigenvalue weighted by atomic mass is 16.1. The molecule has 1 N–H and O–H groups in total. The fourth-order valence-electron chi connectivity index (χ4n) is 1.53. The van der Waals surface area contributed by atoms with Crippen LogP contribution in [0.1, 0.15) is 45.7 Å². The normalized spacial score (nSPS) is 13.1. The van der Waals surface area contributed by atoms with Gasteiger partial charge in [-0.15, -0.1) is 0 Å². The zero-order chi connectivity index (χ0) is 12.1. The summed E-state index contributed by atoms with van der Waals surface area (Å²) in [7, 11) is 0. The van der Waals surface area contributed by atoms with E-state index in [1.54, 1.807) is 4.57 Å². The SMILES string of the molecule is CCC(C)NCc1cccn(C(C)C)c1=O. The Hall–Kier alpha value is -1.09. The van der Waals surface area contributed by atoms with Gasteiger partial charge in [0.25, 0.3) is 5.56 Å². The largest absolute Gasteiger partial charge is 0.313 e. The molecule has 0 bridgehead atoms. The molecule has 0 aliphatic rings. The number of nitrogens with zero attached hydrogens (tertiary/aromatic N) is 1. The first-order valence-corrected chi connectivity index (χ1v) is 5.99. The molecule has 0 amide bonds. The lowest BCUT2D eigenvalue weighted by atomic mass is 10.2. The average Bonchev–Trinajstić information content (AvgIpc) is 2.26. The summed E-state index contributed by atoms with van der Waals surface area (Å²) >= 11 is 0. The van der Waals surface area contributed by atoms with Gasteiger partial charge in [-0.05, 0) is 33.3 Å². The van der Waals surface area contributed by atoms with Crippen LogP contribution in [0.25, 0.3) is 0 Å². The van der Waals surface area contributed by atoms with Gasteiger partial charge in [0.2, 0.25) is 0 Å². The van der Waals surface area contributed by atoms with E-state index >= 15 is 0 Å². The van der Waals surface area contributed by atoms with E-state index in [9.17, 15) is 4.79 Å². The predicted molar refractivity (Wildman–Crippen MR) is 67.7 cm³/mol. The highest BCUT2D eigenvalue weighted by Gasteiger charge is 2.06. The molecule has 0 spiro atoms. The Morgan fingerprint density at radius 1 is 1.38 bits per heavy atom. The van der Waals surface area contributed by atoms with E-state index in [0.29, 0.717) is 12.6 Å². The van der Waals surface area contributed by atoms with Crippen LogP contribution in [-0.2, 0) is 6.54 Å². The van der Waals surface area contributed by atoms with Crippen molar-refractivity contribution in [3.63, 3.8) is 0 Å². The minimum Gasteiger partial charge on any atom is -0.313 e. The molecule has 90 valence electrons. The van der Waals surface area contributed by atoms with Crippen molar-refractivity contribution >= 4 is 0 Å².